The zero-order chi connectivity index (χ0) is 17.3. The molecule has 0 aliphatic heterocycles. The zero-order valence-electron chi connectivity index (χ0n) is 12.3. The topological polar surface area (TPSA) is 92.3 Å². The fraction of sp³-hybridized carbons (Fsp3) is 0.231. The van der Waals surface area contributed by atoms with Gasteiger partial charge in [0.25, 0.3) is 10.0 Å². The van der Waals surface area contributed by atoms with Gasteiger partial charge in [-0.2, -0.15) is 0 Å². The first-order valence-corrected chi connectivity index (χ1v) is 10.7. The Morgan fingerprint density at radius 2 is 1.57 bits per heavy atom. The van der Waals surface area contributed by atoms with E-state index < -0.39 is 20.0 Å². The first-order valence-electron chi connectivity index (χ1n) is 6.51. The van der Waals surface area contributed by atoms with Crippen LogP contribution in [0.3, 0.4) is 0 Å². The number of hydrogen-bond donors (Lipinski definition) is 2. The van der Waals surface area contributed by atoms with Crippen molar-refractivity contribution < 1.29 is 16.8 Å². The standard InChI is InChI=1S/C13H15ClN2O4S3/c1-9(2)15-22(17,18)11-5-3-10(4-6-11)16-23(19,20)13-8-7-12(14)21-13/h3-9,15-16H,1-2H3. The van der Waals surface area contributed by atoms with Gasteiger partial charge in [-0.25, -0.2) is 21.6 Å². The van der Waals surface area contributed by atoms with Crippen LogP contribution in [0, 0.1) is 0 Å². The Morgan fingerprint density at radius 1 is 0.957 bits per heavy atom. The predicted octanol–water partition coefficient (Wildman–Crippen LogP) is 2.89. The molecule has 2 rings (SSSR count). The summed E-state index contributed by atoms with van der Waals surface area (Å²) in [5, 5.41) is 0. The Balaban J connectivity index is 2.21. The summed E-state index contributed by atoms with van der Waals surface area (Å²) in [6.45, 7) is 3.43. The summed E-state index contributed by atoms with van der Waals surface area (Å²) in [6, 6.07) is 8.12. The lowest BCUT2D eigenvalue weighted by Gasteiger charge is -2.10. The molecule has 2 aromatic rings. The molecule has 2 N–H and O–H groups in total. The molecule has 0 radical (unpaired) electrons. The number of rotatable bonds is 6. The van der Waals surface area contributed by atoms with Crippen molar-refractivity contribution >= 4 is 48.7 Å². The van der Waals surface area contributed by atoms with Gasteiger partial charge < -0.3 is 0 Å². The van der Waals surface area contributed by atoms with E-state index in [9.17, 15) is 16.8 Å². The van der Waals surface area contributed by atoms with E-state index in [1.807, 2.05) is 0 Å². The fourth-order valence-electron chi connectivity index (χ4n) is 1.73. The van der Waals surface area contributed by atoms with Crippen molar-refractivity contribution in [1.82, 2.24) is 4.72 Å². The third-order valence-corrected chi connectivity index (χ3v) is 7.40. The highest BCUT2D eigenvalue weighted by Gasteiger charge is 2.18. The van der Waals surface area contributed by atoms with Crippen LogP contribution in [0.4, 0.5) is 5.69 Å². The molecule has 0 fully saturated rings. The quantitative estimate of drug-likeness (QED) is 0.787. The maximum absolute atomic E-state index is 12.2. The summed E-state index contributed by atoms with van der Waals surface area (Å²) < 4.78 is 53.6. The summed E-state index contributed by atoms with van der Waals surface area (Å²) in [6.07, 6.45) is 0. The van der Waals surface area contributed by atoms with Crippen LogP contribution >= 0.6 is 22.9 Å². The second-order valence-electron chi connectivity index (χ2n) is 4.96. The summed E-state index contributed by atoms with van der Waals surface area (Å²) in [4.78, 5) is 0.0633. The van der Waals surface area contributed by atoms with E-state index in [2.05, 4.69) is 9.44 Å². The molecule has 0 bridgehead atoms. The number of hydrogen-bond acceptors (Lipinski definition) is 5. The van der Waals surface area contributed by atoms with Crippen molar-refractivity contribution in [3.05, 3.63) is 40.7 Å². The van der Waals surface area contributed by atoms with Crippen LogP contribution in [0.15, 0.2) is 45.5 Å². The van der Waals surface area contributed by atoms with E-state index >= 15 is 0 Å². The molecule has 0 unspecified atom stereocenters. The third kappa shape index (κ3) is 4.67. The SMILES string of the molecule is CC(C)NS(=O)(=O)c1ccc(NS(=O)(=O)c2ccc(Cl)s2)cc1. The van der Waals surface area contributed by atoms with Crippen LogP contribution in [0.2, 0.25) is 4.34 Å². The first kappa shape index (κ1) is 18.2. The van der Waals surface area contributed by atoms with Gasteiger partial charge in [-0.05, 0) is 50.2 Å². The molecule has 1 aromatic carbocycles. The van der Waals surface area contributed by atoms with Crippen molar-refractivity contribution in [2.75, 3.05) is 4.72 Å². The smallest absolute Gasteiger partial charge is 0.271 e. The van der Waals surface area contributed by atoms with Crippen molar-refractivity contribution in [2.45, 2.75) is 29.0 Å². The number of halogens is 1. The fourth-order valence-corrected chi connectivity index (χ4v) is 5.52. The van der Waals surface area contributed by atoms with E-state index in [-0.39, 0.29) is 20.8 Å². The monoisotopic (exact) mass is 394 g/mol. The van der Waals surface area contributed by atoms with E-state index in [1.165, 1.54) is 36.4 Å². The Labute approximate surface area is 144 Å². The summed E-state index contributed by atoms with van der Waals surface area (Å²) in [5.41, 5.74) is 0.262. The van der Waals surface area contributed by atoms with E-state index in [0.717, 1.165) is 11.3 Å². The number of thiophene rings is 1. The van der Waals surface area contributed by atoms with Crippen LogP contribution in [-0.4, -0.2) is 22.9 Å². The Kier molecular flexibility index (Phi) is 5.37. The highest BCUT2D eigenvalue weighted by molar-refractivity contribution is 7.94. The van der Waals surface area contributed by atoms with Crippen LogP contribution in [0.5, 0.6) is 0 Å². The Morgan fingerprint density at radius 3 is 2.04 bits per heavy atom. The Bertz CT molecular complexity index is 888. The van der Waals surface area contributed by atoms with E-state index in [4.69, 9.17) is 11.6 Å². The number of sulfonamides is 2. The number of nitrogens with one attached hydrogen (secondary N) is 2. The van der Waals surface area contributed by atoms with Gasteiger partial charge in [-0.1, -0.05) is 11.6 Å². The molecule has 23 heavy (non-hydrogen) atoms. The minimum atomic E-state index is -3.74. The van der Waals surface area contributed by atoms with E-state index in [1.54, 1.807) is 13.8 Å². The van der Waals surface area contributed by atoms with E-state index in [0.29, 0.717) is 4.34 Å². The maximum atomic E-state index is 12.2. The van der Waals surface area contributed by atoms with Crippen LogP contribution in [-0.2, 0) is 20.0 Å². The molecule has 1 aromatic heterocycles. The second kappa shape index (κ2) is 6.78. The molecule has 126 valence electrons. The van der Waals surface area contributed by atoms with Gasteiger partial charge >= 0.3 is 0 Å². The van der Waals surface area contributed by atoms with Crippen molar-refractivity contribution in [3.63, 3.8) is 0 Å². The Hall–Kier alpha value is -1.13. The lowest BCUT2D eigenvalue weighted by Crippen LogP contribution is -2.30. The van der Waals surface area contributed by atoms with Crippen molar-refractivity contribution in [3.8, 4) is 0 Å². The summed E-state index contributed by atoms with van der Waals surface area (Å²) in [7, 11) is -7.35. The second-order valence-corrected chi connectivity index (χ2v) is 10.3. The molecule has 0 atom stereocenters. The third-order valence-electron chi connectivity index (χ3n) is 2.62. The molecule has 0 saturated carbocycles. The minimum absolute atomic E-state index is 0.0633. The lowest BCUT2D eigenvalue weighted by atomic mass is 10.3. The molecule has 0 aliphatic rings. The van der Waals surface area contributed by atoms with Crippen LogP contribution in [0.25, 0.3) is 0 Å². The lowest BCUT2D eigenvalue weighted by molar-refractivity contribution is 0.570. The highest BCUT2D eigenvalue weighted by atomic mass is 35.5. The van der Waals surface area contributed by atoms with Gasteiger partial charge in [0.15, 0.2) is 0 Å². The van der Waals surface area contributed by atoms with Crippen LogP contribution < -0.4 is 9.44 Å². The average Bonchev–Trinajstić information content (AvgIpc) is 2.85. The normalized spacial score (nSPS) is 12.5. The number of benzene rings is 1. The maximum Gasteiger partial charge on any atom is 0.271 e. The summed E-state index contributed by atoms with van der Waals surface area (Å²) >= 11 is 6.67. The molecular formula is C13H15ClN2O4S3. The molecule has 0 spiro atoms. The molecule has 10 heteroatoms. The first-order chi connectivity index (χ1) is 10.6. The van der Waals surface area contributed by atoms with Crippen molar-refractivity contribution in [2.24, 2.45) is 0 Å². The predicted molar refractivity (Wildman–Crippen MR) is 92.0 cm³/mol. The van der Waals surface area contributed by atoms with Crippen molar-refractivity contribution in [1.29, 1.82) is 0 Å². The highest BCUT2D eigenvalue weighted by Crippen LogP contribution is 2.27. The molecule has 1 heterocycles. The van der Waals surface area contributed by atoms with Gasteiger partial charge in [-0.15, -0.1) is 11.3 Å². The van der Waals surface area contributed by atoms with Gasteiger partial charge in [0.05, 0.1) is 9.23 Å². The van der Waals surface area contributed by atoms with Gasteiger partial charge in [0, 0.05) is 11.7 Å². The average molecular weight is 395 g/mol. The summed E-state index contributed by atoms with van der Waals surface area (Å²) in [5.74, 6) is 0. The van der Waals surface area contributed by atoms with Gasteiger partial charge in [0.1, 0.15) is 4.21 Å². The largest absolute Gasteiger partial charge is 0.279 e. The van der Waals surface area contributed by atoms with Gasteiger partial charge in [0.2, 0.25) is 10.0 Å². The molecule has 0 aliphatic carbocycles. The van der Waals surface area contributed by atoms with Crippen LogP contribution in [0.1, 0.15) is 13.8 Å². The molecule has 6 nitrogen and oxygen atoms in total. The molecule has 0 saturated heterocycles. The van der Waals surface area contributed by atoms with Gasteiger partial charge in [-0.3, -0.25) is 4.72 Å². The minimum Gasteiger partial charge on any atom is -0.279 e. The number of anilines is 1. The molecule has 0 amide bonds. The zero-order valence-corrected chi connectivity index (χ0v) is 15.5. The molecular weight excluding hydrogens is 380 g/mol.